The number of nitrogens with zero attached hydrogens (tertiary/aromatic N) is 5. The van der Waals surface area contributed by atoms with E-state index in [1.54, 1.807) is 32.1 Å². The number of hydrogen-bond acceptors (Lipinski definition) is 6. The van der Waals surface area contributed by atoms with Crippen LogP contribution in [0.4, 0.5) is 24.9 Å². The highest BCUT2D eigenvalue weighted by Gasteiger charge is 2.55. The van der Waals surface area contributed by atoms with E-state index in [1.807, 2.05) is 6.08 Å². The van der Waals surface area contributed by atoms with Gasteiger partial charge in [0.15, 0.2) is 0 Å². The van der Waals surface area contributed by atoms with E-state index in [9.17, 15) is 22.8 Å². The van der Waals surface area contributed by atoms with Crippen molar-refractivity contribution in [3.8, 4) is 0 Å². The fourth-order valence-corrected chi connectivity index (χ4v) is 4.91. The van der Waals surface area contributed by atoms with Crippen LogP contribution in [0, 0.1) is 11.3 Å². The van der Waals surface area contributed by atoms with Gasteiger partial charge < -0.3 is 5.32 Å². The van der Waals surface area contributed by atoms with Gasteiger partial charge in [-0.25, -0.2) is 19.9 Å². The first kappa shape index (κ1) is 24.3. The van der Waals surface area contributed by atoms with Gasteiger partial charge in [0.1, 0.15) is 12.1 Å². The molecule has 2 aromatic heterocycles. The molecule has 1 aliphatic carbocycles. The number of nitrogens with one attached hydrogen (secondary N) is 1. The minimum absolute atomic E-state index is 0.0716. The quantitative estimate of drug-likeness (QED) is 0.548. The second-order valence-electron chi connectivity index (χ2n) is 9.24. The van der Waals surface area contributed by atoms with Crippen molar-refractivity contribution in [1.29, 1.82) is 0 Å². The van der Waals surface area contributed by atoms with E-state index in [1.165, 1.54) is 48.0 Å². The highest BCUT2D eigenvalue weighted by Crippen LogP contribution is 2.53. The summed E-state index contributed by atoms with van der Waals surface area (Å²) in [7, 11) is 0. The Labute approximate surface area is 210 Å². The molecule has 1 saturated heterocycles. The molecule has 1 aliphatic heterocycles. The molecule has 0 spiro atoms. The Kier molecular flexibility index (Phi) is 5.85. The van der Waals surface area contributed by atoms with Gasteiger partial charge in [-0.1, -0.05) is 32.1 Å². The van der Waals surface area contributed by atoms with E-state index in [2.05, 4.69) is 25.3 Å². The van der Waals surface area contributed by atoms with Gasteiger partial charge in [0.05, 0.1) is 16.5 Å². The van der Waals surface area contributed by atoms with Crippen LogP contribution in [0.15, 0.2) is 79.2 Å². The number of hydrogen-bond donors (Lipinski definition) is 1. The Morgan fingerprint density at radius 3 is 2.51 bits per heavy atom. The predicted molar refractivity (Wildman–Crippen MR) is 128 cm³/mol. The molecule has 1 fully saturated rings. The van der Waals surface area contributed by atoms with Crippen LogP contribution in [0.3, 0.4) is 0 Å². The molecule has 2 amide bonds. The Balaban J connectivity index is 1.57. The maximum atomic E-state index is 13.9. The van der Waals surface area contributed by atoms with Crippen LogP contribution in [0.5, 0.6) is 0 Å². The summed E-state index contributed by atoms with van der Waals surface area (Å²) in [5.74, 6) is -1.80. The molecule has 1 aromatic carbocycles. The van der Waals surface area contributed by atoms with Crippen molar-refractivity contribution in [2.75, 3.05) is 10.2 Å². The Morgan fingerprint density at radius 2 is 1.84 bits per heavy atom. The van der Waals surface area contributed by atoms with Crippen molar-refractivity contribution >= 4 is 23.6 Å². The van der Waals surface area contributed by atoms with Gasteiger partial charge in [0.25, 0.3) is 5.91 Å². The van der Waals surface area contributed by atoms with Crippen LogP contribution in [0.2, 0.25) is 0 Å². The van der Waals surface area contributed by atoms with Crippen molar-refractivity contribution in [2.45, 2.75) is 25.9 Å². The van der Waals surface area contributed by atoms with E-state index >= 15 is 0 Å². The molecule has 188 valence electrons. The largest absolute Gasteiger partial charge is 0.417 e. The van der Waals surface area contributed by atoms with Crippen LogP contribution >= 0.6 is 0 Å². The molecule has 8 nitrogen and oxygen atoms in total. The number of carbonyl (C=O) groups is 2. The smallest absolute Gasteiger partial charge is 0.306 e. The van der Waals surface area contributed by atoms with Crippen LogP contribution in [-0.4, -0.2) is 31.8 Å². The highest BCUT2D eigenvalue weighted by atomic mass is 19.4. The third-order valence-corrected chi connectivity index (χ3v) is 6.61. The molecule has 37 heavy (non-hydrogen) atoms. The molecule has 2 aliphatic rings. The molecule has 5 rings (SSSR count). The number of amides is 2. The third kappa shape index (κ3) is 4.26. The maximum absolute atomic E-state index is 13.9. The van der Waals surface area contributed by atoms with Crippen LogP contribution in [0.1, 0.15) is 41.3 Å². The SMILES string of the molecule is CC1(C)C(=O)N(c2ncccn2)C2=CC=CC(c3ccc(C(F)(F)F)c(C(=O)Nc4ccncn4)c3)C21. The van der Waals surface area contributed by atoms with Gasteiger partial charge >= 0.3 is 6.18 Å². The number of aromatic nitrogens is 4. The first-order chi connectivity index (χ1) is 17.6. The number of allylic oxidation sites excluding steroid dienone is 4. The van der Waals surface area contributed by atoms with Gasteiger partial charge in [0.2, 0.25) is 11.9 Å². The van der Waals surface area contributed by atoms with Crippen LogP contribution in [-0.2, 0) is 11.0 Å². The molecule has 2 unspecified atom stereocenters. The molecular weight excluding hydrogens is 485 g/mol. The van der Waals surface area contributed by atoms with Crippen molar-refractivity contribution in [3.63, 3.8) is 0 Å². The summed E-state index contributed by atoms with van der Waals surface area (Å²) in [5.41, 5.74) is -1.44. The fraction of sp³-hybridized carbons (Fsp3) is 0.231. The zero-order chi connectivity index (χ0) is 26.4. The topological polar surface area (TPSA) is 101 Å². The monoisotopic (exact) mass is 506 g/mol. The highest BCUT2D eigenvalue weighted by molar-refractivity contribution is 6.05. The van der Waals surface area contributed by atoms with Crippen molar-refractivity contribution in [1.82, 2.24) is 19.9 Å². The molecule has 1 N–H and O–H groups in total. The molecule has 0 radical (unpaired) electrons. The second-order valence-corrected chi connectivity index (χ2v) is 9.24. The molecule has 3 aromatic rings. The average molecular weight is 506 g/mol. The third-order valence-electron chi connectivity index (χ3n) is 6.61. The summed E-state index contributed by atoms with van der Waals surface area (Å²) in [6.07, 6.45) is 6.22. The fourth-order valence-electron chi connectivity index (χ4n) is 4.91. The Hall–Kier alpha value is -4.41. The van der Waals surface area contributed by atoms with Crippen molar-refractivity contribution < 1.29 is 22.8 Å². The van der Waals surface area contributed by atoms with Crippen LogP contribution < -0.4 is 10.2 Å². The summed E-state index contributed by atoms with van der Waals surface area (Å²) >= 11 is 0. The van der Waals surface area contributed by atoms with Gasteiger partial charge in [-0.15, -0.1) is 0 Å². The summed E-state index contributed by atoms with van der Waals surface area (Å²) in [6.45, 7) is 3.57. The molecule has 11 heteroatoms. The molecule has 0 saturated carbocycles. The molecule has 0 bridgehead atoms. The first-order valence-electron chi connectivity index (χ1n) is 11.4. The standard InChI is InChI=1S/C26H21F3N6O2/c1-25(2)21-16(5-3-6-19(21)35(23(25)37)24-31-10-4-11-32-24)15-7-8-18(26(27,28)29)17(13-15)22(36)34-20-9-12-30-14-33-20/h3-14,16,21H,1-2H3,(H,30,33,34,36). The van der Waals surface area contributed by atoms with Crippen LogP contribution in [0.25, 0.3) is 0 Å². The number of anilines is 2. The number of carbonyl (C=O) groups excluding carboxylic acids is 2. The molecule has 3 heterocycles. The summed E-state index contributed by atoms with van der Waals surface area (Å²) in [6, 6.07) is 6.51. The predicted octanol–water partition coefficient (Wildman–Crippen LogP) is 4.76. The lowest BCUT2D eigenvalue weighted by atomic mass is 9.68. The number of benzene rings is 1. The minimum atomic E-state index is -4.76. The average Bonchev–Trinajstić information content (AvgIpc) is 3.09. The van der Waals surface area contributed by atoms with E-state index in [0.717, 1.165) is 6.07 Å². The van der Waals surface area contributed by atoms with Gasteiger partial charge in [-0.05, 0) is 35.9 Å². The lowest BCUT2D eigenvalue weighted by Gasteiger charge is -2.32. The van der Waals surface area contributed by atoms with E-state index in [4.69, 9.17) is 0 Å². The zero-order valence-electron chi connectivity index (χ0n) is 19.8. The number of alkyl halides is 3. The molecular formula is C26H21F3N6O2. The van der Waals surface area contributed by atoms with Crippen molar-refractivity contribution in [3.05, 3.63) is 95.9 Å². The number of fused-ring (bicyclic) bond motifs is 1. The summed E-state index contributed by atoms with van der Waals surface area (Å²) in [5, 5.41) is 2.40. The minimum Gasteiger partial charge on any atom is -0.306 e. The van der Waals surface area contributed by atoms with Gasteiger partial charge in [-0.3, -0.25) is 14.5 Å². The lowest BCUT2D eigenvalue weighted by Crippen LogP contribution is -2.33. The van der Waals surface area contributed by atoms with E-state index in [-0.39, 0.29) is 17.7 Å². The Bertz CT molecular complexity index is 1420. The Morgan fingerprint density at radius 1 is 1.08 bits per heavy atom. The first-order valence-corrected chi connectivity index (χ1v) is 11.4. The number of halogens is 3. The lowest BCUT2D eigenvalue weighted by molar-refractivity contribution is -0.137. The normalized spacial score (nSPS) is 20.4. The summed E-state index contributed by atoms with van der Waals surface area (Å²) < 4.78 is 41.6. The second kappa shape index (κ2) is 8.91. The molecule has 2 atom stereocenters. The van der Waals surface area contributed by atoms with E-state index in [0.29, 0.717) is 11.3 Å². The summed E-state index contributed by atoms with van der Waals surface area (Å²) in [4.78, 5) is 44.0. The number of rotatable bonds is 4. The van der Waals surface area contributed by atoms with Crippen molar-refractivity contribution in [2.24, 2.45) is 11.3 Å². The van der Waals surface area contributed by atoms with E-state index < -0.39 is 40.5 Å². The van der Waals surface area contributed by atoms with Gasteiger partial charge in [0, 0.05) is 36.1 Å². The zero-order valence-corrected chi connectivity index (χ0v) is 19.8. The maximum Gasteiger partial charge on any atom is 0.417 e. The van der Waals surface area contributed by atoms with Gasteiger partial charge in [-0.2, -0.15) is 13.2 Å².